The molecule has 0 fully saturated rings. The summed E-state index contributed by atoms with van der Waals surface area (Å²) in [5, 5.41) is 2.95. The second-order valence-electron chi connectivity index (χ2n) is 2.93. The van der Waals surface area contributed by atoms with Crippen LogP contribution in [0, 0.1) is 11.6 Å². The smallest absolute Gasteiger partial charge is 0.200 e. The molecule has 2 rings (SSSR count). The largest absolute Gasteiger partial charge is 0.488 e. The number of nitrogens with one attached hydrogen (secondary N) is 1. The molecule has 1 atom stereocenters. The topological polar surface area (TPSA) is 21.3 Å². The Morgan fingerprint density at radius 2 is 2.23 bits per heavy atom. The first-order valence-electron chi connectivity index (χ1n) is 4.02. The second-order valence-corrected chi connectivity index (χ2v) is 2.93. The van der Waals surface area contributed by atoms with Crippen molar-refractivity contribution >= 4 is 0 Å². The molecule has 1 aromatic carbocycles. The van der Waals surface area contributed by atoms with Crippen molar-refractivity contribution in [2.45, 2.75) is 6.04 Å². The summed E-state index contributed by atoms with van der Waals surface area (Å²) in [7, 11) is 1.75. The molecular formula is C9H9F2NO. The van der Waals surface area contributed by atoms with Gasteiger partial charge in [0.05, 0.1) is 6.04 Å². The van der Waals surface area contributed by atoms with Crippen LogP contribution in [0.25, 0.3) is 0 Å². The SMILES string of the molecule is CNC1COc2c1ccc(F)c2F. The van der Waals surface area contributed by atoms with Gasteiger partial charge in [0, 0.05) is 5.56 Å². The van der Waals surface area contributed by atoms with Crippen molar-refractivity contribution in [1.29, 1.82) is 0 Å². The molecule has 2 nitrogen and oxygen atoms in total. The van der Waals surface area contributed by atoms with E-state index in [4.69, 9.17) is 4.74 Å². The predicted molar refractivity (Wildman–Crippen MR) is 43.7 cm³/mol. The third-order valence-electron chi connectivity index (χ3n) is 2.20. The van der Waals surface area contributed by atoms with E-state index in [9.17, 15) is 8.78 Å². The molecule has 1 unspecified atom stereocenters. The van der Waals surface area contributed by atoms with Crippen molar-refractivity contribution in [2.75, 3.05) is 13.7 Å². The molecule has 0 radical (unpaired) electrons. The van der Waals surface area contributed by atoms with Crippen LogP contribution in [0.5, 0.6) is 5.75 Å². The Kier molecular flexibility index (Phi) is 1.92. The zero-order chi connectivity index (χ0) is 9.42. The van der Waals surface area contributed by atoms with E-state index in [0.717, 1.165) is 6.07 Å². The van der Waals surface area contributed by atoms with Crippen molar-refractivity contribution in [3.8, 4) is 5.75 Å². The Balaban J connectivity index is 2.50. The van der Waals surface area contributed by atoms with Gasteiger partial charge in [-0.15, -0.1) is 0 Å². The van der Waals surface area contributed by atoms with Gasteiger partial charge >= 0.3 is 0 Å². The number of rotatable bonds is 1. The first-order valence-corrected chi connectivity index (χ1v) is 4.02. The zero-order valence-electron chi connectivity index (χ0n) is 7.10. The molecule has 1 aliphatic heterocycles. The zero-order valence-corrected chi connectivity index (χ0v) is 7.10. The summed E-state index contributed by atoms with van der Waals surface area (Å²) in [4.78, 5) is 0. The summed E-state index contributed by atoms with van der Waals surface area (Å²) >= 11 is 0. The van der Waals surface area contributed by atoms with Crippen LogP contribution in [0.15, 0.2) is 12.1 Å². The summed E-state index contributed by atoms with van der Waals surface area (Å²) < 4.78 is 30.9. The van der Waals surface area contributed by atoms with Gasteiger partial charge in [-0.05, 0) is 13.1 Å². The number of hydrogen-bond donors (Lipinski definition) is 1. The van der Waals surface area contributed by atoms with E-state index >= 15 is 0 Å². The molecule has 0 spiro atoms. The van der Waals surface area contributed by atoms with Gasteiger partial charge in [0.25, 0.3) is 0 Å². The van der Waals surface area contributed by atoms with Gasteiger partial charge in [-0.3, -0.25) is 0 Å². The van der Waals surface area contributed by atoms with Crippen molar-refractivity contribution in [2.24, 2.45) is 0 Å². The van der Waals surface area contributed by atoms with Crippen LogP contribution in [-0.4, -0.2) is 13.7 Å². The Labute approximate surface area is 74.5 Å². The minimum Gasteiger partial charge on any atom is -0.488 e. The van der Waals surface area contributed by atoms with E-state index < -0.39 is 11.6 Å². The van der Waals surface area contributed by atoms with Gasteiger partial charge in [0.15, 0.2) is 11.6 Å². The average molecular weight is 185 g/mol. The predicted octanol–water partition coefficient (Wildman–Crippen LogP) is 1.62. The van der Waals surface area contributed by atoms with E-state index in [1.54, 1.807) is 13.1 Å². The molecule has 1 aromatic rings. The third kappa shape index (κ3) is 1.18. The molecule has 0 bridgehead atoms. The van der Waals surface area contributed by atoms with Gasteiger partial charge in [0.1, 0.15) is 6.61 Å². The van der Waals surface area contributed by atoms with Gasteiger partial charge in [-0.2, -0.15) is 4.39 Å². The minimum atomic E-state index is -0.893. The highest BCUT2D eigenvalue weighted by Crippen LogP contribution is 2.35. The van der Waals surface area contributed by atoms with Crippen molar-refractivity contribution in [3.63, 3.8) is 0 Å². The van der Waals surface area contributed by atoms with Gasteiger partial charge in [0.2, 0.25) is 5.82 Å². The maximum atomic E-state index is 13.1. The molecule has 1 heterocycles. The highest BCUT2D eigenvalue weighted by Gasteiger charge is 2.27. The Bertz CT molecular complexity index is 341. The van der Waals surface area contributed by atoms with Gasteiger partial charge < -0.3 is 10.1 Å². The fraction of sp³-hybridized carbons (Fsp3) is 0.333. The number of fused-ring (bicyclic) bond motifs is 1. The maximum Gasteiger partial charge on any atom is 0.200 e. The van der Waals surface area contributed by atoms with Gasteiger partial charge in [-0.1, -0.05) is 6.07 Å². The third-order valence-corrected chi connectivity index (χ3v) is 2.20. The van der Waals surface area contributed by atoms with E-state index in [0.29, 0.717) is 12.2 Å². The Morgan fingerprint density at radius 1 is 1.46 bits per heavy atom. The summed E-state index contributed by atoms with van der Waals surface area (Å²) in [6.45, 7) is 0.353. The number of halogens is 2. The van der Waals surface area contributed by atoms with Gasteiger partial charge in [-0.25, -0.2) is 4.39 Å². The fourth-order valence-corrected chi connectivity index (χ4v) is 1.46. The highest BCUT2D eigenvalue weighted by atomic mass is 19.2. The van der Waals surface area contributed by atoms with Crippen LogP contribution in [0.2, 0.25) is 0 Å². The van der Waals surface area contributed by atoms with Crippen molar-refractivity contribution in [3.05, 3.63) is 29.3 Å². The number of hydrogen-bond acceptors (Lipinski definition) is 2. The molecule has 0 saturated heterocycles. The van der Waals surface area contributed by atoms with Crippen LogP contribution < -0.4 is 10.1 Å². The molecule has 1 aliphatic rings. The maximum absolute atomic E-state index is 13.1. The van der Waals surface area contributed by atoms with Crippen LogP contribution in [0.3, 0.4) is 0 Å². The van der Waals surface area contributed by atoms with Crippen LogP contribution in [0.1, 0.15) is 11.6 Å². The standard InChI is InChI=1S/C9H9F2NO/c1-12-7-4-13-9-5(7)2-3-6(10)8(9)11/h2-3,7,12H,4H2,1H3. The van der Waals surface area contributed by atoms with Crippen LogP contribution in [0.4, 0.5) is 8.78 Å². The lowest BCUT2D eigenvalue weighted by molar-refractivity contribution is 0.302. The van der Waals surface area contributed by atoms with Crippen LogP contribution >= 0.6 is 0 Å². The summed E-state index contributed by atoms with van der Waals surface area (Å²) in [6, 6.07) is 2.62. The molecule has 0 amide bonds. The lowest BCUT2D eigenvalue weighted by Crippen LogP contribution is -2.17. The summed E-state index contributed by atoms with van der Waals surface area (Å²) in [6.07, 6.45) is 0. The lowest BCUT2D eigenvalue weighted by Gasteiger charge is -2.05. The molecule has 0 aliphatic carbocycles. The molecule has 13 heavy (non-hydrogen) atoms. The minimum absolute atomic E-state index is 0.0369. The fourth-order valence-electron chi connectivity index (χ4n) is 1.46. The second kappa shape index (κ2) is 2.96. The molecule has 0 aromatic heterocycles. The first kappa shape index (κ1) is 8.44. The molecular weight excluding hydrogens is 176 g/mol. The average Bonchev–Trinajstić information content (AvgIpc) is 2.55. The summed E-state index contributed by atoms with van der Waals surface area (Å²) in [5.41, 5.74) is 0.682. The molecule has 1 N–H and O–H groups in total. The van der Waals surface area contributed by atoms with E-state index in [-0.39, 0.29) is 11.8 Å². The monoisotopic (exact) mass is 185 g/mol. The molecule has 0 saturated carbocycles. The molecule has 70 valence electrons. The highest BCUT2D eigenvalue weighted by molar-refractivity contribution is 5.41. The first-order chi connectivity index (χ1) is 6.24. The van der Waals surface area contributed by atoms with Crippen molar-refractivity contribution in [1.82, 2.24) is 5.32 Å². The van der Waals surface area contributed by atoms with E-state index in [1.807, 2.05) is 0 Å². The van der Waals surface area contributed by atoms with E-state index in [1.165, 1.54) is 0 Å². The number of likely N-dealkylation sites (N-methyl/N-ethyl adjacent to an activating group) is 1. The van der Waals surface area contributed by atoms with E-state index in [2.05, 4.69) is 5.32 Å². The Hall–Kier alpha value is -1.16. The normalized spacial score (nSPS) is 19.8. The quantitative estimate of drug-likeness (QED) is 0.717. The number of ether oxygens (including phenoxy) is 1. The Morgan fingerprint density at radius 3 is 2.92 bits per heavy atom. The summed E-state index contributed by atoms with van der Waals surface area (Å²) in [5.74, 6) is -1.72. The van der Waals surface area contributed by atoms with Crippen molar-refractivity contribution < 1.29 is 13.5 Å². The van der Waals surface area contributed by atoms with Crippen LogP contribution in [-0.2, 0) is 0 Å². The lowest BCUT2D eigenvalue weighted by atomic mass is 10.1. The molecule has 4 heteroatoms. The number of benzene rings is 1.